The van der Waals surface area contributed by atoms with Crippen molar-refractivity contribution in [1.29, 1.82) is 0 Å². The van der Waals surface area contributed by atoms with Crippen LogP contribution in [0, 0.1) is 13.8 Å². The standard InChI is InChI=1S/C21H21N5O4/c1-4-15-13(3)22-21(24-20(15)28)26-18(9-12(2)25-26)23-19(27)8-6-14-5-7-16-17(10-14)30-11-29-16/h5-10H,4,11H2,1-3H3,(H,23,27)(H,22,24,28). The Kier molecular flexibility index (Phi) is 5.09. The molecule has 0 saturated heterocycles. The first-order valence-electron chi connectivity index (χ1n) is 9.50. The largest absolute Gasteiger partial charge is 0.454 e. The van der Waals surface area contributed by atoms with Gasteiger partial charge in [0.25, 0.3) is 5.56 Å². The van der Waals surface area contributed by atoms with Gasteiger partial charge in [0, 0.05) is 23.4 Å². The fourth-order valence-electron chi connectivity index (χ4n) is 3.22. The monoisotopic (exact) mass is 407 g/mol. The summed E-state index contributed by atoms with van der Waals surface area (Å²) >= 11 is 0. The van der Waals surface area contributed by atoms with E-state index >= 15 is 0 Å². The summed E-state index contributed by atoms with van der Waals surface area (Å²) in [6, 6.07) is 7.13. The van der Waals surface area contributed by atoms with E-state index in [0.29, 0.717) is 40.7 Å². The Balaban J connectivity index is 1.56. The maximum absolute atomic E-state index is 12.5. The highest BCUT2D eigenvalue weighted by Gasteiger charge is 2.15. The number of amides is 1. The van der Waals surface area contributed by atoms with Gasteiger partial charge >= 0.3 is 0 Å². The summed E-state index contributed by atoms with van der Waals surface area (Å²) in [4.78, 5) is 31.9. The van der Waals surface area contributed by atoms with Crippen molar-refractivity contribution < 1.29 is 14.3 Å². The lowest BCUT2D eigenvalue weighted by atomic mass is 10.2. The van der Waals surface area contributed by atoms with Gasteiger partial charge in [0.1, 0.15) is 5.82 Å². The van der Waals surface area contributed by atoms with Crippen LogP contribution in [-0.2, 0) is 11.2 Å². The third-order valence-corrected chi connectivity index (χ3v) is 4.67. The zero-order chi connectivity index (χ0) is 21.3. The number of anilines is 1. The molecule has 0 bridgehead atoms. The van der Waals surface area contributed by atoms with E-state index in [-0.39, 0.29) is 24.2 Å². The van der Waals surface area contributed by atoms with Crippen LogP contribution in [0.4, 0.5) is 5.82 Å². The molecule has 1 aromatic carbocycles. The van der Waals surface area contributed by atoms with Gasteiger partial charge < -0.3 is 14.8 Å². The minimum atomic E-state index is -0.349. The quantitative estimate of drug-likeness (QED) is 0.629. The molecule has 0 unspecified atom stereocenters. The summed E-state index contributed by atoms with van der Waals surface area (Å²) in [5, 5.41) is 7.12. The van der Waals surface area contributed by atoms with E-state index in [9.17, 15) is 9.59 Å². The molecule has 9 heteroatoms. The maximum atomic E-state index is 12.5. The number of carbonyl (C=O) groups is 1. The Morgan fingerprint density at radius 2 is 2.07 bits per heavy atom. The van der Waals surface area contributed by atoms with Gasteiger partial charge in [-0.15, -0.1) is 0 Å². The fraction of sp³-hybridized carbons (Fsp3) is 0.238. The van der Waals surface area contributed by atoms with Crippen LogP contribution >= 0.6 is 0 Å². The summed E-state index contributed by atoms with van der Waals surface area (Å²) in [7, 11) is 0. The van der Waals surface area contributed by atoms with E-state index < -0.39 is 0 Å². The molecule has 4 rings (SSSR count). The summed E-state index contributed by atoms with van der Waals surface area (Å²) in [5.74, 6) is 1.63. The molecule has 2 aromatic heterocycles. The number of benzene rings is 1. The molecule has 0 fully saturated rings. The number of aromatic amines is 1. The molecule has 9 nitrogen and oxygen atoms in total. The van der Waals surface area contributed by atoms with Crippen molar-refractivity contribution in [3.63, 3.8) is 0 Å². The highest BCUT2D eigenvalue weighted by molar-refractivity contribution is 6.01. The highest BCUT2D eigenvalue weighted by Crippen LogP contribution is 2.32. The number of carbonyl (C=O) groups excluding carboxylic acids is 1. The Bertz CT molecular complexity index is 1210. The molecular formula is C21H21N5O4. The number of hydrogen-bond donors (Lipinski definition) is 2. The van der Waals surface area contributed by atoms with Gasteiger partial charge in [0.2, 0.25) is 18.6 Å². The molecule has 0 aliphatic carbocycles. The van der Waals surface area contributed by atoms with E-state index in [1.165, 1.54) is 10.8 Å². The number of aryl methyl sites for hydroxylation is 2. The number of hydrogen-bond acceptors (Lipinski definition) is 6. The first kappa shape index (κ1) is 19.4. The molecule has 0 saturated carbocycles. The van der Waals surface area contributed by atoms with E-state index in [0.717, 1.165) is 5.56 Å². The van der Waals surface area contributed by atoms with Gasteiger partial charge in [0.05, 0.1) is 5.69 Å². The van der Waals surface area contributed by atoms with Crippen molar-refractivity contribution in [2.24, 2.45) is 0 Å². The molecule has 0 spiro atoms. The van der Waals surface area contributed by atoms with Crippen LogP contribution in [0.25, 0.3) is 12.0 Å². The van der Waals surface area contributed by atoms with E-state index in [4.69, 9.17) is 9.47 Å². The minimum absolute atomic E-state index is 0.196. The lowest BCUT2D eigenvalue weighted by Gasteiger charge is -2.09. The van der Waals surface area contributed by atoms with Crippen molar-refractivity contribution in [2.45, 2.75) is 27.2 Å². The third-order valence-electron chi connectivity index (χ3n) is 4.67. The molecule has 1 aliphatic heterocycles. The van der Waals surface area contributed by atoms with Crippen LogP contribution in [0.1, 0.15) is 29.4 Å². The number of nitrogens with one attached hydrogen (secondary N) is 2. The number of nitrogens with zero attached hydrogens (tertiary/aromatic N) is 3. The number of ether oxygens (including phenoxy) is 2. The lowest BCUT2D eigenvalue weighted by molar-refractivity contribution is -0.111. The average molecular weight is 407 g/mol. The van der Waals surface area contributed by atoms with Crippen molar-refractivity contribution in [3.8, 4) is 17.4 Å². The van der Waals surface area contributed by atoms with Crippen molar-refractivity contribution in [2.75, 3.05) is 12.1 Å². The van der Waals surface area contributed by atoms with Gasteiger partial charge in [-0.05, 0) is 44.0 Å². The number of fused-ring (bicyclic) bond motifs is 1. The summed E-state index contributed by atoms with van der Waals surface area (Å²) in [6.07, 6.45) is 3.66. The summed E-state index contributed by atoms with van der Waals surface area (Å²) in [5.41, 5.74) is 2.51. The summed E-state index contributed by atoms with van der Waals surface area (Å²) in [6.45, 7) is 5.66. The molecule has 30 heavy (non-hydrogen) atoms. The fourth-order valence-corrected chi connectivity index (χ4v) is 3.22. The third kappa shape index (κ3) is 3.82. The van der Waals surface area contributed by atoms with Gasteiger partial charge in [-0.25, -0.2) is 4.98 Å². The zero-order valence-corrected chi connectivity index (χ0v) is 16.9. The topological polar surface area (TPSA) is 111 Å². The van der Waals surface area contributed by atoms with Crippen molar-refractivity contribution in [1.82, 2.24) is 19.7 Å². The molecule has 0 atom stereocenters. The predicted octanol–water partition coefficient (Wildman–Crippen LogP) is 2.52. The van der Waals surface area contributed by atoms with E-state index in [1.807, 2.05) is 13.0 Å². The normalized spacial score (nSPS) is 12.5. The van der Waals surface area contributed by atoms with Crippen LogP contribution < -0.4 is 20.3 Å². The molecule has 1 aliphatic rings. The van der Waals surface area contributed by atoms with Crippen molar-refractivity contribution >= 4 is 17.8 Å². The Morgan fingerprint density at radius 1 is 1.27 bits per heavy atom. The molecule has 1 amide bonds. The SMILES string of the molecule is CCc1c(C)nc(-n2nc(C)cc2NC(=O)C=Cc2ccc3c(c2)OCO3)[nH]c1=O. The number of rotatable bonds is 5. The second kappa shape index (κ2) is 7.86. The lowest BCUT2D eigenvalue weighted by Crippen LogP contribution is -2.21. The predicted molar refractivity (Wildman–Crippen MR) is 111 cm³/mol. The zero-order valence-electron chi connectivity index (χ0n) is 16.9. The Labute approximate surface area is 172 Å². The first-order chi connectivity index (χ1) is 14.4. The Hall–Kier alpha value is -3.88. The Morgan fingerprint density at radius 3 is 2.83 bits per heavy atom. The maximum Gasteiger partial charge on any atom is 0.255 e. The smallest absolute Gasteiger partial charge is 0.255 e. The highest BCUT2D eigenvalue weighted by atomic mass is 16.7. The molecule has 0 radical (unpaired) electrons. The molecule has 3 heterocycles. The van der Waals surface area contributed by atoms with Gasteiger partial charge in [-0.2, -0.15) is 9.78 Å². The van der Waals surface area contributed by atoms with Crippen LogP contribution in [0.5, 0.6) is 11.5 Å². The number of H-pyrrole nitrogens is 1. The second-order valence-corrected chi connectivity index (χ2v) is 6.83. The molecular weight excluding hydrogens is 386 g/mol. The van der Waals surface area contributed by atoms with Crippen LogP contribution in [0.3, 0.4) is 0 Å². The van der Waals surface area contributed by atoms with Gasteiger partial charge in [0.15, 0.2) is 11.5 Å². The van der Waals surface area contributed by atoms with Gasteiger partial charge in [-0.3, -0.25) is 14.6 Å². The molecule has 2 N–H and O–H groups in total. The van der Waals surface area contributed by atoms with Crippen LogP contribution in [-0.4, -0.2) is 32.4 Å². The van der Waals surface area contributed by atoms with E-state index in [1.54, 1.807) is 38.1 Å². The summed E-state index contributed by atoms with van der Waals surface area (Å²) < 4.78 is 12.0. The van der Waals surface area contributed by atoms with Crippen LogP contribution in [0.2, 0.25) is 0 Å². The van der Waals surface area contributed by atoms with Crippen molar-refractivity contribution in [3.05, 3.63) is 63.2 Å². The average Bonchev–Trinajstić information content (AvgIpc) is 3.31. The van der Waals surface area contributed by atoms with Gasteiger partial charge in [-0.1, -0.05) is 13.0 Å². The van der Waals surface area contributed by atoms with Crippen LogP contribution in [0.15, 0.2) is 35.1 Å². The van der Waals surface area contributed by atoms with E-state index in [2.05, 4.69) is 20.4 Å². The first-order valence-corrected chi connectivity index (χ1v) is 9.50. The second-order valence-electron chi connectivity index (χ2n) is 6.83. The molecule has 3 aromatic rings. The minimum Gasteiger partial charge on any atom is -0.454 e. The molecule has 154 valence electrons. The number of aromatic nitrogens is 4.